The molecule has 0 saturated carbocycles. The van der Waals surface area contributed by atoms with E-state index in [4.69, 9.17) is 4.42 Å². The lowest BCUT2D eigenvalue weighted by atomic mass is 10.2. The molecule has 3 rings (SSSR count). The fourth-order valence-electron chi connectivity index (χ4n) is 2.28. The average molecular weight is 362 g/mol. The number of nitrogens with one attached hydrogen (secondary N) is 1. The van der Waals surface area contributed by atoms with Gasteiger partial charge in [-0.2, -0.15) is 0 Å². The van der Waals surface area contributed by atoms with E-state index in [2.05, 4.69) is 15.5 Å². The molecule has 0 atom stereocenters. The number of carbonyl (C=O) groups excluding carboxylic acids is 1. The maximum atomic E-state index is 12.0. The highest BCUT2D eigenvalue weighted by atomic mass is 32.2. The first-order chi connectivity index (χ1) is 11.7. The van der Waals surface area contributed by atoms with Crippen LogP contribution in [0, 0.1) is 6.92 Å². The molecular weight excluding hydrogens is 344 g/mol. The van der Waals surface area contributed by atoms with Crippen molar-refractivity contribution in [3.8, 4) is 11.4 Å². The molecule has 0 aromatic carbocycles. The summed E-state index contributed by atoms with van der Waals surface area (Å²) in [5.41, 5.74) is 0.929. The second kappa shape index (κ2) is 7.67. The Kier molecular flexibility index (Phi) is 5.37. The Morgan fingerprint density at radius 2 is 2.29 bits per heavy atom. The third-order valence-electron chi connectivity index (χ3n) is 3.51. The van der Waals surface area contributed by atoms with Gasteiger partial charge in [-0.25, -0.2) is 0 Å². The first kappa shape index (κ1) is 16.8. The topological polar surface area (TPSA) is 73.0 Å². The van der Waals surface area contributed by atoms with Crippen molar-refractivity contribution >= 4 is 29.0 Å². The van der Waals surface area contributed by atoms with Crippen LogP contribution in [-0.2, 0) is 17.9 Å². The van der Waals surface area contributed by atoms with Gasteiger partial charge in [0.15, 0.2) is 11.0 Å². The molecule has 3 heterocycles. The first-order valence-electron chi connectivity index (χ1n) is 7.58. The predicted octanol–water partition coefficient (Wildman–Crippen LogP) is 3.34. The summed E-state index contributed by atoms with van der Waals surface area (Å²) < 4.78 is 7.34. The van der Waals surface area contributed by atoms with Gasteiger partial charge in [-0.1, -0.05) is 17.8 Å². The lowest BCUT2D eigenvalue weighted by molar-refractivity contribution is -0.118. The van der Waals surface area contributed by atoms with Crippen LogP contribution in [0.1, 0.15) is 17.6 Å². The summed E-state index contributed by atoms with van der Waals surface area (Å²) in [5, 5.41) is 14.1. The van der Waals surface area contributed by atoms with E-state index in [1.54, 1.807) is 17.6 Å². The molecular formula is C16H18N4O2S2. The smallest absolute Gasteiger partial charge is 0.230 e. The minimum Gasteiger partial charge on any atom is -0.469 e. The zero-order valence-corrected chi connectivity index (χ0v) is 15.1. The molecule has 3 aromatic heterocycles. The summed E-state index contributed by atoms with van der Waals surface area (Å²) in [6.07, 6.45) is 1.64. The maximum absolute atomic E-state index is 12.0. The lowest BCUT2D eigenvalue weighted by Crippen LogP contribution is -2.24. The van der Waals surface area contributed by atoms with E-state index < -0.39 is 0 Å². The number of rotatable bonds is 7. The van der Waals surface area contributed by atoms with E-state index >= 15 is 0 Å². The van der Waals surface area contributed by atoms with Crippen molar-refractivity contribution in [2.24, 2.45) is 0 Å². The molecule has 0 bridgehead atoms. The fraction of sp³-hybridized carbons (Fsp3) is 0.312. The largest absolute Gasteiger partial charge is 0.469 e. The van der Waals surface area contributed by atoms with E-state index in [1.165, 1.54) is 11.8 Å². The van der Waals surface area contributed by atoms with Crippen molar-refractivity contribution in [3.63, 3.8) is 0 Å². The van der Waals surface area contributed by atoms with Gasteiger partial charge in [0, 0.05) is 11.4 Å². The van der Waals surface area contributed by atoms with Crippen molar-refractivity contribution < 1.29 is 9.21 Å². The van der Waals surface area contributed by atoms with Gasteiger partial charge in [0.05, 0.1) is 24.1 Å². The quantitative estimate of drug-likeness (QED) is 0.653. The summed E-state index contributed by atoms with van der Waals surface area (Å²) in [6, 6.07) is 5.86. The van der Waals surface area contributed by atoms with E-state index in [9.17, 15) is 4.79 Å². The van der Waals surface area contributed by atoms with Crippen LogP contribution in [0.25, 0.3) is 11.4 Å². The minimum atomic E-state index is -0.0138. The molecule has 8 heteroatoms. The summed E-state index contributed by atoms with van der Waals surface area (Å²) >= 11 is 3.02. The molecule has 3 aromatic rings. The van der Waals surface area contributed by atoms with E-state index in [0.29, 0.717) is 12.3 Å². The lowest BCUT2D eigenvalue weighted by Gasteiger charge is -2.07. The molecule has 6 nitrogen and oxygen atoms in total. The van der Waals surface area contributed by atoms with Crippen LogP contribution in [0.5, 0.6) is 0 Å². The van der Waals surface area contributed by atoms with Gasteiger partial charge < -0.3 is 14.3 Å². The average Bonchev–Trinajstić information content (AvgIpc) is 3.31. The van der Waals surface area contributed by atoms with Crippen molar-refractivity contribution in [1.82, 2.24) is 20.1 Å². The normalized spacial score (nSPS) is 10.9. The monoisotopic (exact) mass is 362 g/mol. The van der Waals surface area contributed by atoms with Crippen LogP contribution in [-0.4, -0.2) is 26.4 Å². The second-order valence-electron chi connectivity index (χ2n) is 5.09. The minimum absolute atomic E-state index is 0.0138. The van der Waals surface area contributed by atoms with Gasteiger partial charge in [0.1, 0.15) is 5.76 Å². The highest BCUT2D eigenvalue weighted by Gasteiger charge is 2.17. The summed E-state index contributed by atoms with van der Waals surface area (Å²) in [5.74, 6) is 1.88. The standard InChI is InChI=1S/C16H18N4O2S2/c1-3-20-15(13-6-7-22-11(13)2)18-19-16(20)24-10-14(21)17-9-12-5-4-8-23-12/h4-8H,3,9-10H2,1-2H3,(H,17,21). The zero-order chi connectivity index (χ0) is 16.9. The summed E-state index contributed by atoms with van der Waals surface area (Å²) in [4.78, 5) is 13.1. The van der Waals surface area contributed by atoms with Crippen LogP contribution in [0.3, 0.4) is 0 Å². The van der Waals surface area contributed by atoms with E-state index in [1.807, 2.05) is 42.0 Å². The van der Waals surface area contributed by atoms with Gasteiger partial charge in [0.2, 0.25) is 5.91 Å². The zero-order valence-electron chi connectivity index (χ0n) is 13.5. The Bertz CT molecular complexity index is 808. The summed E-state index contributed by atoms with van der Waals surface area (Å²) in [6.45, 7) is 5.22. The number of thioether (sulfide) groups is 1. The van der Waals surface area contributed by atoms with Gasteiger partial charge in [-0.05, 0) is 31.4 Å². The number of nitrogens with zero attached hydrogens (tertiary/aromatic N) is 3. The number of carbonyl (C=O) groups is 1. The third-order valence-corrected chi connectivity index (χ3v) is 5.35. The first-order valence-corrected chi connectivity index (χ1v) is 9.45. The number of thiophene rings is 1. The van der Waals surface area contributed by atoms with Gasteiger partial charge in [-0.3, -0.25) is 4.79 Å². The number of amides is 1. The molecule has 0 aliphatic rings. The Labute approximate surface area is 148 Å². The molecule has 126 valence electrons. The Hall–Kier alpha value is -2.06. The molecule has 1 N–H and O–H groups in total. The van der Waals surface area contributed by atoms with Crippen LogP contribution in [0.2, 0.25) is 0 Å². The van der Waals surface area contributed by atoms with Gasteiger partial charge in [0.25, 0.3) is 0 Å². The van der Waals surface area contributed by atoms with Crippen molar-refractivity contribution in [1.29, 1.82) is 0 Å². The molecule has 0 fully saturated rings. The highest BCUT2D eigenvalue weighted by Crippen LogP contribution is 2.26. The molecule has 0 aliphatic carbocycles. The molecule has 0 saturated heterocycles. The van der Waals surface area contributed by atoms with Gasteiger partial charge in [-0.15, -0.1) is 21.5 Å². The molecule has 0 radical (unpaired) electrons. The number of hydrogen-bond acceptors (Lipinski definition) is 6. The molecule has 0 unspecified atom stereocenters. The Morgan fingerprint density at radius 3 is 2.96 bits per heavy atom. The van der Waals surface area contributed by atoms with Crippen LogP contribution in [0.4, 0.5) is 0 Å². The number of aryl methyl sites for hydroxylation is 1. The summed E-state index contributed by atoms with van der Waals surface area (Å²) in [7, 11) is 0. The van der Waals surface area contributed by atoms with Gasteiger partial charge >= 0.3 is 0 Å². The molecule has 24 heavy (non-hydrogen) atoms. The number of hydrogen-bond donors (Lipinski definition) is 1. The van der Waals surface area contributed by atoms with E-state index in [-0.39, 0.29) is 5.91 Å². The van der Waals surface area contributed by atoms with Crippen molar-refractivity contribution in [2.75, 3.05) is 5.75 Å². The highest BCUT2D eigenvalue weighted by molar-refractivity contribution is 7.99. The third kappa shape index (κ3) is 3.70. The molecule has 0 aliphatic heterocycles. The second-order valence-corrected chi connectivity index (χ2v) is 7.06. The SMILES string of the molecule is CCn1c(SCC(=O)NCc2cccs2)nnc1-c1ccoc1C. The number of furan rings is 1. The van der Waals surface area contributed by atoms with Crippen molar-refractivity contribution in [3.05, 3.63) is 40.5 Å². The van der Waals surface area contributed by atoms with Crippen LogP contribution >= 0.6 is 23.1 Å². The van der Waals surface area contributed by atoms with Crippen LogP contribution < -0.4 is 5.32 Å². The maximum Gasteiger partial charge on any atom is 0.230 e. The fourth-order valence-corrected chi connectivity index (χ4v) is 3.75. The Morgan fingerprint density at radius 1 is 1.42 bits per heavy atom. The predicted molar refractivity (Wildman–Crippen MR) is 95.0 cm³/mol. The van der Waals surface area contributed by atoms with E-state index in [0.717, 1.165) is 33.7 Å². The Balaban J connectivity index is 1.62. The van der Waals surface area contributed by atoms with Crippen LogP contribution in [0.15, 0.2) is 39.4 Å². The molecule has 1 amide bonds. The molecule has 0 spiro atoms. The number of aromatic nitrogens is 3. The van der Waals surface area contributed by atoms with Crippen molar-refractivity contribution in [2.45, 2.75) is 32.1 Å².